The molecule has 0 aromatic heterocycles. The van der Waals surface area contributed by atoms with Crippen LogP contribution in [-0.4, -0.2) is 41.6 Å². The summed E-state index contributed by atoms with van der Waals surface area (Å²) in [4.78, 5) is 24.0. The maximum Gasteiger partial charge on any atom is 0.317 e. The molecule has 0 saturated heterocycles. The van der Waals surface area contributed by atoms with Crippen molar-refractivity contribution >= 4 is 12.0 Å². The van der Waals surface area contributed by atoms with Crippen LogP contribution in [0.5, 0.6) is 0 Å². The average molecular weight is 254 g/mol. The van der Waals surface area contributed by atoms with Crippen molar-refractivity contribution in [3.63, 3.8) is 0 Å². The molecule has 2 aliphatic rings. The third-order valence-electron chi connectivity index (χ3n) is 3.78. The van der Waals surface area contributed by atoms with Crippen LogP contribution in [-0.2, 0) is 4.79 Å². The molecule has 0 heterocycles. The summed E-state index contributed by atoms with van der Waals surface area (Å²) in [5.41, 5.74) is 0. The highest BCUT2D eigenvalue weighted by atomic mass is 16.4. The maximum absolute atomic E-state index is 12.0. The number of carbonyl (C=O) groups excluding carboxylic acids is 1. The number of rotatable bonds is 7. The summed E-state index contributed by atoms with van der Waals surface area (Å²) in [5, 5.41) is 11.7. The summed E-state index contributed by atoms with van der Waals surface area (Å²) in [7, 11) is 1.73. The van der Waals surface area contributed by atoms with E-state index in [0.717, 1.165) is 0 Å². The zero-order valence-corrected chi connectivity index (χ0v) is 10.9. The molecule has 2 saturated carbocycles. The quantitative estimate of drug-likeness (QED) is 0.726. The van der Waals surface area contributed by atoms with Gasteiger partial charge in [-0.1, -0.05) is 0 Å². The van der Waals surface area contributed by atoms with E-state index in [0.29, 0.717) is 30.8 Å². The number of hydrogen-bond acceptors (Lipinski definition) is 2. The molecule has 0 spiro atoms. The molecule has 102 valence electrons. The molecule has 2 fully saturated rings. The Morgan fingerprint density at radius 1 is 1.28 bits per heavy atom. The number of amides is 2. The van der Waals surface area contributed by atoms with E-state index in [1.807, 2.05) is 0 Å². The highest BCUT2D eigenvalue weighted by Gasteiger charge is 2.42. The molecule has 2 rings (SSSR count). The van der Waals surface area contributed by atoms with Crippen molar-refractivity contribution in [2.24, 2.45) is 11.8 Å². The maximum atomic E-state index is 12.0. The highest BCUT2D eigenvalue weighted by molar-refractivity contribution is 5.74. The molecule has 0 radical (unpaired) electrons. The van der Waals surface area contributed by atoms with Crippen molar-refractivity contribution in [3.8, 4) is 0 Å². The van der Waals surface area contributed by atoms with Gasteiger partial charge >= 0.3 is 12.0 Å². The van der Waals surface area contributed by atoms with Gasteiger partial charge < -0.3 is 15.3 Å². The first-order valence-corrected chi connectivity index (χ1v) is 6.81. The van der Waals surface area contributed by atoms with E-state index in [9.17, 15) is 9.59 Å². The van der Waals surface area contributed by atoms with Crippen molar-refractivity contribution < 1.29 is 14.7 Å². The van der Waals surface area contributed by atoms with Crippen LogP contribution in [0.25, 0.3) is 0 Å². The predicted molar refractivity (Wildman–Crippen MR) is 67.3 cm³/mol. The number of nitrogens with one attached hydrogen (secondary N) is 1. The lowest BCUT2D eigenvalue weighted by atomic mass is 10.1. The summed E-state index contributed by atoms with van der Waals surface area (Å²) < 4.78 is 0. The number of carboxylic acids is 1. The van der Waals surface area contributed by atoms with Gasteiger partial charge in [0.05, 0.1) is 0 Å². The van der Waals surface area contributed by atoms with Gasteiger partial charge in [-0.3, -0.25) is 4.79 Å². The molecule has 2 aliphatic carbocycles. The summed E-state index contributed by atoms with van der Waals surface area (Å²) in [6.07, 6.45) is 5.59. The van der Waals surface area contributed by atoms with Gasteiger partial charge in [-0.25, -0.2) is 4.79 Å². The van der Waals surface area contributed by atoms with Gasteiger partial charge in [0.1, 0.15) is 0 Å². The van der Waals surface area contributed by atoms with Gasteiger partial charge in [0.2, 0.25) is 0 Å². The number of carboxylic acid groups (broad SMARTS) is 1. The second-order valence-corrected chi connectivity index (χ2v) is 5.57. The Balaban J connectivity index is 1.70. The first kappa shape index (κ1) is 13.2. The second kappa shape index (κ2) is 5.59. The Labute approximate surface area is 108 Å². The zero-order valence-electron chi connectivity index (χ0n) is 10.9. The zero-order chi connectivity index (χ0) is 13.1. The number of carbonyl (C=O) groups is 2. The third kappa shape index (κ3) is 3.89. The van der Waals surface area contributed by atoms with Crippen LogP contribution < -0.4 is 5.32 Å². The van der Waals surface area contributed by atoms with E-state index in [1.54, 1.807) is 11.9 Å². The van der Waals surface area contributed by atoms with Crippen molar-refractivity contribution in [1.29, 1.82) is 0 Å². The lowest BCUT2D eigenvalue weighted by Gasteiger charge is -2.23. The molecule has 0 aliphatic heterocycles. The van der Waals surface area contributed by atoms with Crippen LogP contribution in [0.4, 0.5) is 4.79 Å². The first-order valence-electron chi connectivity index (χ1n) is 6.81. The lowest BCUT2D eigenvalue weighted by Crippen LogP contribution is -2.45. The summed E-state index contributed by atoms with van der Waals surface area (Å²) in [5.74, 6) is 0.570. The van der Waals surface area contributed by atoms with Crippen LogP contribution in [0, 0.1) is 11.8 Å². The fourth-order valence-corrected chi connectivity index (χ4v) is 2.35. The van der Waals surface area contributed by atoms with E-state index < -0.39 is 5.97 Å². The molecule has 0 unspecified atom stereocenters. The van der Waals surface area contributed by atoms with Crippen LogP contribution in [0.3, 0.4) is 0 Å². The van der Waals surface area contributed by atoms with Crippen molar-refractivity contribution in [2.75, 3.05) is 13.6 Å². The molecule has 0 atom stereocenters. The topological polar surface area (TPSA) is 69.6 Å². The van der Waals surface area contributed by atoms with E-state index in [2.05, 4.69) is 5.32 Å². The largest absolute Gasteiger partial charge is 0.481 e. The number of nitrogens with zero attached hydrogens (tertiary/aromatic N) is 1. The molecular formula is C13H22N2O3. The molecule has 5 heteroatoms. The van der Waals surface area contributed by atoms with Gasteiger partial charge in [-0.2, -0.15) is 0 Å². The molecule has 18 heavy (non-hydrogen) atoms. The Morgan fingerprint density at radius 2 is 1.83 bits per heavy atom. The van der Waals surface area contributed by atoms with E-state index in [4.69, 9.17) is 5.11 Å². The van der Waals surface area contributed by atoms with E-state index in [-0.39, 0.29) is 12.5 Å². The fraction of sp³-hybridized carbons (Fsp3) is 0.846. The van der Waals surface area contributed by atoms with Crippen molar-refractivity contribution in [1.82, 2.24) is 10.2 Å². The number of hydrogen-bond donors (Lipinski definition) is 2. The van der Waals surface area contributed by atoms with E-state index in [1.165, 1.54) is 25.7 Å². The monoisotopic (exact) mass is 254 g/mol. The second-order valence-electron chi connectivity index (χ2n) is 5.57. The van der Waals surface area contributed by atoms with Gasteiger partial charge in [0.15, 0.2) is 0 Å². The number of urea groups is 1. The fourth-order valence-electron chi connectivity index (χ4n) is 2.35. The van der Waals surface area contributed by atoms with Crippen LogP contribution >= 0.6 is 0 Å². The molecule has 5 nitrogen and oxygen atoms in total. The smallest absolute Gasteiger partial charge is 0.317 e. The minimum Gasteiger partial charge on any atom is -0.481 e. The minimum atomic E-state index is -0.808. The van der Waals surface area contributed by atoms with Gasteiger partial charge in [-0.05, 0) is 43.9 Å². The standard InChI is InChI=1S/C13H22N2O3/c1-15(8-2-3-11(16)17)13(18)14-12(9-4-5-9)10-6-7-10/h9-10,12H,2-8H2,1H3,(H,14,18)(H,16,17). The van der Waals surface area contributed by atoms with Gasteiger partial charge in [0.25, 0.3) is 0 Å². The minimum absolute atomic E-state index is 0.0517. The Bertz CT molecular complexity index is 312. The summed E-state index contributed by atoms with van der Waals surface area (Å²) in [6, 6.07) is 0.309. The molecule has 2 amide bonds. The Hall–Kier alpha value is -1.26. The Morgan fingerprint density at radius 3 is 2.28 bits per heavy atom. The first-order chi connectivity index (χ1) is 8.58. The Kier molecular flexibility index (Phi) is 4.09. The predicted octanol–water partition coefficient (Wildman–Crippen LogP) is 1.68. The van der Waals surface area contributed by atoms with Crippen molar-refractivity contribution in [3.05, 3.63) is 0 Å². The molecule has 0 aromatic carbocycles. The third-order valence-corrected chi connectivity index (χ3v) is 3.78. The normalized spacial score (nSPS) is 18.8. The number of aliphatic carboxylic acids is 1. The van der Waals surface area contributed by atoms with Crippen LogP contribution in [0.15, 0.2) is 0 Å². The molecule has 0 bridgehead atoms. The SMILES string of the molecule is CN(CCCC(=O)O)C(=O)NC(C1CC1)C1CC1. The molecular weight excluding hydrogens is 232 g/mol. The van der Waals surface area contributed by atoms with Crippen LogP contribution in [0.1, 0.15) is 38.5 Å². The molecule has 2 N–H and O–H groups in total. The van der Waals surface area contributed by atoms with Gasteiger partial charge in [-0.15, -0.1) is 0 Å². The lowest BCUT2D eigenvalue weighted by molar-refractivity contribution is -0.137. The average Bonchev–Trinajstić information content (AvgIpc) is 3.16. The van der Waals surface area contributed by atoms with E-state index >= 15 is 0 Å². The highest BCUT2D eigenvalue weighted by Crippen LogP contribution is 2.44. The summed E-state index contributed by atoms with van der Waals surface area (Å²) >= 11 is 0. The van der Waals surface area contributed by atoms with Crippen molar-refractivity contribution in [2.45, 2.75) is 44.6 Å². The van der Waals surface area contributed by atoms with Crippen LogP contribution in [0.2, 0.25) is 0 Å². The van der Waals surface area contributed by atoms with Gasteiger partial charge in [0, 0.05) is 26.1 Å². The summed E-state index contributed by atoms with van der Waals surface area (Å²) in [6.45, 7) is 0.500. The molecule has 0 aromatic rings.